The van der Waals surface area contributed by atoms with Crippen LogP contribution in [0.1, 0.15) is 17.5 Å². The number of nitrogens with one attached hydrogen (secondary N) is 1. The van der Waals surface area contributed by atoms with Crippen LogP contribution in [0.25, 0.3) is 0 Å². The molecule has 0 saturated heterocycles. The summed E-state index contributed by atoms with van der Waals surface area (Å²) in [5.41, 5.74) is 2.08. The second kappa shape index (κ2) is 7.98. The molecule has 1 aromatic heterocycles. The Morgan fingerprint density at radius 1 is 1.30 bits per heavy atom. The third kappa shape index (κ3) is 5.46. The normalized spacial score (nSPS) is 10.3. The first-order valence-corrected chi connectivity index (χ1v) is 7.30. The van der Waals surface area contributed by atoms with Gasteiger partial charge in [0.2, 0.25) is 0 Å². The molecular weight excluding hydrogens is 296 g/mol. The van der Waals surface area contributed by atoms with Crippen LogP contribution in [0.4, 0.5) is 4.79 Å². The molecule has 2 N–H and O–H groups in total. The van der Waals surface area contributed by atoms with Crippen molar-refractivity contribution in [3.8, 4) is 0 Å². The van der Waals surface area contributed by atoms with Crippen LogP contribution >= 0.6 is 0 Å². The minimum atomic E-state index is -0.920. The zero-order valence-corrected chi connectivity index (χ0v) is 13.0. The van der Waals surface area contributed by atoms with Crippen LogP contribution in [0.5, 0.6) is 0 Å². The summed E-state index contributed by atoms with van der Waals surface area (Å²) in [5, 5.41) is 15.6. The zero-order chi connectivity index (χ0) is 16.7. The fourth-order valence-corrected chi connectivity index (χ4v) is 2.10. The molecule has 0 spiro atoms. The van der Waals surface area contributed by atoms with Crippen molar-refractivity contribution in [2.75, 3.05) is 13.6 Å². The molecule has 2 aromatic rings. The zero-order valence-electron chi connectivity index (χ0n) is 13.0. The minimum absolute atomic E-state index is 0.0662. The summed E-state index contributed by atoms with van der Waals surface area (Å²) in [6, 6.07) is 9.48. The van der Waals surface area contributed by atoms with Gasteiger partial charge in [-0.15, -0.1) is 0 Å². The van der Waals surface area contributed by atoms with Gasteiger partial charge in [-0.2, -0.15) is 5.10 Å². The van der Waals surface area contributed by atoms with Crippen molar-refractivity contribution in [2.24, 2.45) is 0 Å². The van der Waals surface area contributed by atoms with Crippen molar-refractivity contribution < 1.29 is 14.7 Å². The highest BCUT2D eigenvalue weighted by molar-refractivity contribution is 5.75. The highest BCUT2D eigenvalue weighted by Crippen LogP contribution is 2.07. The molecule has 0 unspecified atom stereocenters. The van der Waals surface area contributed by atoms with Crippen molar-refractivity contribution in [1.29, 1.82) is 0 Å². The predicted octanol–water partition coefficient (Wildman–Crippen LogP) is 1.55. The van der Waals surface area contributed by atoms with E-state index in [2.05, 4.69) is 10.4 Å². The van der Waals surface area contributed by atoms with Gasteiger partial charge in [-0.25, -0.2) is 4.79 Å². The molecule has 0 aliphatic carbocycles. The number of nitrogens with zero attached hydrogens (tertiary/aromatic N) is 3. The van der Waals surface area contributed by atoms with Gasteiger partial charge in [0.15, 0.2) is 0 Å². The largest absolute Gasteiger partial charge is 0.481 e. The number of rotatable bonds is 7. The lowest BCUT2D eigenvalue weighted by Gasteiger charge is -2.17. The van der Waals surface area contributed by atoms with Crippen molar-refractivity contribution in [2.45, 2.75) is 19.5 Å². The maximum absolute atomic E-state index is 11.9. The molecule has 23 heavy (non-hydrogen) atoms. The molecule has 0 aliphatic heterocycles. The monoisotopic (exact) mass is 316 g/mol. The molecule has 0 bridgehead atoms. The fourth-order valence-electron chi connectivity index (χ4n) is 2.10. The van der Waals surface area contributed by atoms with E-state index in [0.29, 0.717) is 13.1 Å². The van der Waals surface area contributed by atoms with E-state index in [1.54, 1.807) is 13.2 Å². The number of urea groups is 1. The molecule has 0 radical (unpaired) electrons. The van der Waals surface area contributed by atoms with Crippen LogP contribution in [-0.4, -0.2) is 45.4 Å². The molecule has 0 aliphatic rings. The first kappa shape index (κ1) is 16.5. The maximum Gasteiger partial charge on any atom is 0.317 e. The van der Waals surface area contributed by atoms with E-state index in [4.69, 9.17) is 5.11 Å². The number of aromatic nitrogens is 2. The van der Waals surface area contributed by atoms with E-state index in [9.17, 15) is 9.59 Å². The lowest BCUT2D eigenvalue weighted by molar-refractivity contribution is -0.137. The summed E-state index contributed by atoms with van der Waals surface area (Å²) >= 11 is 0. The average Bonchev–Trinajstić information content (AvgIpc) is 3.03. The lowest BCUT2D eigenvalue weighted by atomic mass is 10.1. The standard InChI is InChI=1S/C16H20N4O3/c1-19(9-6-15(21)22)16(23)17-11-13-4-2-5-14(10-13)12-20-8-3-7-18-20/h2-5,7-8,10H,6,9,11-12H2,1H3,(H,17,23)(H,21,22). The van der Waals surface area contributed by atoms with E-state index in [1.165, 1.54) is 4.90 Å². The molecule has 1 aromatic carbocycles. The van der Waals surface area contributed by atoms with Gasteiger partial charge < -0.3 is 15.3 Å². The third-order valence-electron chi connectivity index (χ3n) is 3.35. The van der Waals surface area contributed by atoms with Gasteiger partial charge in [0, 0.05) is 32.5 Å². The first-order valence-electron chi connectivity index (χ1n) is 7.30. The molecule has 0 saturated carbocycles. The second-order valence-electron chi connectivity index (χ2n) is 5.25. The quantitative estimate of drug-likeness (QED) is 0.811. The molecule has 2 amide bonds. The van der Waals surface area contributed by atoms with Gasteiger partial charge in [0.05, 0.1) is 13.0 Å². The summed E-state index contributed by atoms with van der Waals surface area (Å²) in [4.78, 5) is 23.7. The average molecular weight is 316 g/mol. The van der Waals surface area contributed by atoms with E-state index in [-0.39, 0.29) is 19.0 Å². The van der Waals surface area contributed by atoms with Gasteiger partial charge in [-0.3, -0.25) is 9.48 Å². The van der Waals surface area contributed by atoms with Gasteiger partial charge in [0.25, 0.3) is 0 Å². The number of amides is 2. The predicted molar refractivity (Wildman–Crippen MR) is 84.9 cm³/mol. The van der Waals surface area contributed by atoms with Crippen LogP contribution in [-0.2, 0) is 17.9 Å². The van der Waals surface area contributed by atoms with Gasteiger partial charge in [-0.05, 0) is 17.2 Å². The summed E-state index contributed by atoms with van der Waals surface area (Å²) in [6.45, 7) is 1.25. The van der Waals surface area contributed by atoms with Crippen molar-refractivity contribution in [3.63, 3.8) is 0 Å². The van der Waals surface area contributed by atoms with Crippen LogP contribution in [0, 0.1) is 0 Å². The number of carbonyl (C=O) groups is 2. The van der Waals surface area contributed by atoms with Crippen LogP contribution in [0.2, 0.25) is 0 Å². The van der Waals surface area contributed by atoms with E-state index in [0.717, 1.165) is 11.1 Å². The number of hydrogen-bond acceptors (Lipinski definition) is 3. The summed E-state index contributed by atoms with van der Waals surface area (Å²) in [7, 11) is 1.58. The molecular formula is C16H20N4O3. The molecule has 122 valence electrons. The minimum Gasteiger partial charge on any atom is -0.481 e. The molecule has 7 nitrogen and oxygen atoms in total. The van der Waals surface area contributed by atoms with E-state index >= 15 is 0 Å². The molecule has 0 fully saturated rings. The van der Waals surface area contributed by atoms with Crippen LogP contribution < -0.4 is 5.32 Å². The third-order valence-corrected chi connectivity index (χ3v) is 3.35. The van der Waals surface area contributed by atoms with E-state index < -0.39 is 5.97 Å². The SMILES string of the molecule is CN(CCC(=O)O)C(=O)NCc1cccc(Cn2cccn2)c1. The van der Waals surface area contributed by atoms with Gasteiger partial charge >= 0.3 is 12.0 Å². The highest BCUT2D eigenvalue weighted by Gasteiger charge is 2.09. The lowest BCUT2D eigenvalue weighted by Crippen LogP contribution is -2.38. The Hall–Kier alpha value is -2.83. The van der Waals surface area contributed by atoms with Gasteiger partial charge in [-0.1, -0.05) is 24.3 Å². The molecule has 7 heteroatoms. The van der Waals surface area contributed by atoms with Crippen molar-refractivity contribution >= 4 is 12.0 Å². The second-order valence-corrected chi connectivity index (χ2v) is 5.25. The summed E-state index contributed by atoms with van der Waals surface area (Å²) < 4.78 is 1.83. The van der Waals surface area contributed by atoms with Crippen molar-refractivity contribution in [3.05, 3.63) is 53.9 Å². The first-order chi connectivity index (χ1) is 11.0. The molecule has 2 rings (SSSR count). The molecule has 0 atom stereocenters. The smallest absolute Gasteiger partial charge is 0.317 e. The Labute approximate surface area is 134 Å². The highest BCUT2D eigenvalue weighted by atomic mass is 16.4. The molecule has 1 heterocycles. The Morgan fingerprint density at radius 3 is 2.78 bits per heavy atom. The Balaban J connectivity index is 1.85. The Kier molecular flexibility index (Phi) is 5.74. The van der Waals surface area contributed by atoms with Crippen molar-refractivity contribution in [1.82, 2.24) is 20.0 Å². The Bertz CT molecular complexity index is 655. The fraction of sp³-hybridized carbons (Fsp3) is 0.312. The van der Waals surface area contributed by atoms with E-state index in [1.807, 2.05) is 41.2 Å². The number of carboxylic acids is 1. The maximum atomic E-state index is 11.9. The topological polar surface area (TPSA) is 87.5 Å². The van der Waals surface area contributed by atoms with Crippen LogP contribution in [0.3, 0.4) is 0 Å². The number of aliphatic carboxylic acids is 1. The number of hydrogen-bond donors (Lipinski definition) is 2. The number of carboxylic acid groups (broad SMARTS) is 1. The van der Waals surface area contributed by atoms with Gasteiger partial charge in [0.1, 0.15) is 0 Å². The summed E-state index contributed by atoms with van der Waals surface area (Å²) in [5.74, 6) is -0.920. The summed E-state index contributed by atoms with van der Waals surface area (Å²) in [6.07, 6.45) is 3.56. The number of carbonyl (C=O) groups excluding carboxylic acids is 1. The Morgan fingerprint density at radius 2 is 2.09 bits per heavy atom. The number of benzene rings is 1. The van der Waals surface area contributed by atoms with Crippen LogP contribution in [0.15, 0.2) is 42.7 Å².